The Labute approximate surface area is 170 Å². The molecule has 1 aromatic carbocycles. The van der Waals surface area contributed by atoms with E-state index in [2.05, 4.69) is 18.2 Å². The van der Waals surface area contributed by atoms with Crippen LogP contribution in [0.25, 0.3) is 0 Å². The Morgan fingerprint density at radius 1 is 1.03 bits per heavy atom. The predicted octanol–water partition coefficient (Wildman–Crippen LogP) is 3.73. The fourth-order valence-corrected chi connectivity index (χ4v) is 4.67. The Kier molecular flexibility index (Phi) is 5.48. The molecule has 2 aliphatic rings. The van der Waals surface area contributed by atoms with Crippen LogP contribution in [0.5, 0.6) is 17.2 Å². The van der Waals surface area contributed by atoms with Crippen LogP contribution >= 0.6 is 0 Å². The quantitative estimate of drug-likeness (QED) is 0.781. The molecule has 7 heteroatoms. The molecular weight excluding hydrogens is 368 g/mol. The first kappa shape index (κ1) is 20.2. The lowest BCUT2D eigenvalue weighted by Gasteiger charge is -2.45. The van der Waals surface area contributed by atoms with Crippen molar-refractivity contribution in [2.24, 2.45) is 17.3 Å². The van der Waals surface area contributed by atoms with Crippen molar-refractivity contribution in [1.82, 2.24) is 0 Å². The van der Waals surface area contributed by atoms with Crippen LogP contribution in [0.3, 0.4) is 0 Å². The van der Waals surface area contributed by atoms with Crippen molar-refractivity contribution in [3.63, 3.8) is 0 Å². The van der Waals surface area contributed by atoms with Crippen LogP contribution in [0.2, 0.25) is 0 Å². The minimum absolute atomic E-state index is 0.159. The van der Waals surface area contributed by atoms with Crippen molar-refractivity contribution < 1.29 is 14.2 Å². The van der Waals surface area contributed by atoms with Gasteiger partial charge in [0, 0.05) is 5.92 Å². The average molecular weight is 390 g/mol. The van der Waals surface area contributed by atoms with Gasteiger partial charge in [-0.25, -0.2) is 0 Å². The third-order valence-electron chi connectivity index (χ3n) is 5.97. The Bertz CT molecular complexity index is 954. The van der Waals surface area contributed by atoms with Crippen LogP contribution in [-0.4, -0.2) is 27.0 Å². The number of rotatable bonds is 4. The number of ether oxygens (including phenoxy) is 3. The van der Waals surface area contributed by atoms with Gasteiger partial charge in [-0.15, -0.1) is 0 Å². The summed E-state index contributed by atoms with van der Waals surface area (Å²) >= 11 is 0. The van der Waals surface area contributed by atoms with Crippen LogP contribution in [0.15, 0.2) is 23.8 Å². The van der Waals surface area contributed by atoms with Gasteiger partial charge < -0.3 is 19.6 Å². The number of methoxy groups -OCH3 is 3. The summed E-state index contributed by atoms with van der Waals surface area (Å²) in [6, 6.07) is 9.80. The second-order valence-electron chi connectivity index (χ2n) is 7.19. The van der Waals surface area contributed by atoms with Gasteiger partial charge in [0.15, 0.2) is 16.9 Å². The lowest BCUT2D eigenvalue weighted by molar-refractivity contribution is 0.307. The molecule has 3 rings (SSSR count). The van der Waals surface area contributed by atoms with E-state index in [-0.39, 0.29) is 11.6 Å². The van der Waals surface area contributed by atoms with E-state index in [1.54, 1.807) is 12.1 Å². The minimum Gasteiger partial charge on any atom is -0.493 e. The van der Waals surface area contributed by atoms with Gasteiger partial charge in [0.25, 0.3) is 0 Å². The zero-order valence-corrected chi connectivity index (χ0v) is 16.7. The first-order valence-electron chi connectivity index (χ1n) is 9.33. The summed E-state index contributed by atoms with van der Waals surface area (Å²) < 4.78 is 16.3. The molecule has 7 nitrogen and oxygen atoms in total. The zero-order chi connectivity index (χ0) is 21.2. The highest BCUT2D eigenvalue weighted by molar-refractivity contribution is 6.00. The van der Waals surface area contributed by atoms with Crippen molar-refractivity contribution in [1.29, 1.82) is 21.2 Å². The maximum Gasteiger partial charge on any atom is 0.203 e. The van der Waals surface area contributed by atoms with Crippen molar-refractivity contribution >= 4 is 5.71 Å². The second kappa shape index (κ2) is 7.86. The van der Waals surface area contributed by atoms with Crippen LogP contribution in [0.1, 0.15) is 30.7 Å². The summed E-state index contributed by atoms with van der Waals surface area (Å²) in [4.78, 5) is 0. The Morgan fingerprint density at radius 3 is 2.14 bits per heavy atom. The molecule has 29 heavy (non-hydrogen) atoms. The molecule has 1 N–H and O–H groups in total. The summed E-state index contributed by atoms with van der Waals surface area (Å²) in [5.41, 5.74) is -0.414. The van der Waals surface area contributed by atoms with E-state index >= 15 is 0 Å². The molecule has 0 aliphatic heterocycles. The SMILES string of the molecule is COc1cc([C@@H]2[C@H]3CCCC=C3[C@H](C#N)C(=N)C2(C#N)C#N)cc(OC)c1OC. The fourth-order valence-electron chi connectivity index (χ4n) is 4.67. The van der Waals surface area contributed by atoms with Crippen LogP contribution < -0.4 is 14.2 Å². The monoisotopic (exact) mass is 390 g/mol. The van der Waals surface area contributed by atoms with Crippen LogP contribution in [0, 0.1) is 56.7 Å². The maximum absolute atomic E-state index is 10.1. The van der Waals surface area contributed by atoms with Gasteiger partial charge in [-0.2, -0.15) is 15.8 Å². The van der Waals surface area contributed by atoms with Crippen molar-refractivity contribution in [2.75, 3.05) is 21.3 Å². The Balaban J connectivity index is 2.31. The minimum atomic E-state index is -1.75. The summed E-state index contributed by atoms with van der Waals surface area (Å²) in [6.45, 7) is 0. The smallest absolute Gasteiger partial charge is 0.203 e. The van der Waals surface area contributed by atoms with Gasteiger partial charge in [-0.3, -0.25) is 0 Å². The average Bonchev–Trinajstić information content (AvgIpc) is 2.77. The van der Waals surface area contributed by atoms with Gasteiger partial charge in [-0.1, -0.05) is 6.08 Å². The largest absolute Gasteiger partial charge is 0.493 e. The van der Waals surface area contributed by atoms with E-state index in [0.29, 0.717) is 22.8 Å². The lowest BCUT2D eigenvalue weighted by Crippen LogP contribution is -2.48. The standard InChI is InChI=1S/C22H22N4O3/c1-27-17-8-13(9-18(28-2)20(17)29-3)19-15-7-5-4-6-14(15)16(10-23)21(26)22(19,11-24)12-25/h6,8-9,15-16,19,26H,4-5,7H2,1-3H3/t15-,16-,19+/m0/s1. The Hall–Kier alpha value is -3.50. The van der Waals surface area contributed by atoms with Crippen LogP contribution in [0.4, 0.5) is 0 Å². The molecule has 0 spiro atoms. The fraction of sp³-hybridized carbons (Fsp3) is 0.455. The van der Waals surface area contributed by atoms with E-state index in [1.807, 2.05) is 6.08 Å². The Morgan fingerprint density at radius 2 is 1.66 bits per heavy atom. The molecule has 3 atom stereocenters. The highest BCUT2D eigenvalue weighted by Gasteiger charge is 2.57. The molecule has 0 amide bonds. The summed E-state index contributed by atoms with van der Waals surface area (Å²) in [6.07, 6.45) is 4.46. The third kappa shape index (κ3) is 2.89. The number of nitrogens with zero attached hydrogens (tertiary/aromatic N) is 3. The predicted molar refractivity (Wildman–Crippen MR) is 105 cm³/mol. The van der Waals surface area contributed by atoms with Crippen molar-refractivity contribution in [3.8, 4) is 35.5 Å². The third-order valence-corrected chi connectivity index (χ3v) is 5.97. The lowest BCUT2D eigenvalue weighted by atomic mass is 9.53. The van der Waals surface area contributed by atoms with Gasteiger partial charge in [0.05, 0.1) is 45.2 Å². The molecule has 0 radical (unpaired) electrons. The molecule has 0 heterocycles. The van der Waals surface area contributed by atoms with Gasteiger partial charge in [-0.05, 0) is 48.4 Å². The highest BCUT2D eigenvalue weighted by Crippen LogP contribution is 2.56. The van der Waals surface area contributed by atoms with E-state index in [0.717, 1.165) is 24.8 Å². The van der Waals surface area contributed by atoms with Crippen molar-refractivity contribution in [3.05, 3.63) is 29.3 Å². The van der Waals surface area contributed by atoms with Gasteiger partial charge in [0.1, 0.15) is 5.92 Å². The molecule has 0 bridgehead atoms. The number of nitrogens with one attached hydrogen (secondary N) is 1. The van der Waals surface area contributed by atoms with E-state index in [9.17, 15) is 15.8 Å². The first-order chi connectivity index (χ1) is 14.0. The maximum atomic E-state index is 10.1. The van der Waals surface area contributed by atoms with E-state index < -0.39 is 17.3 Å². The van der Waals surface area contributed by atoms with E-state index in [1.165, 1.54) is 21.3 Å². The van der Waals surface area contributed by atoms with Gasteiger partial charge in [0.2, 0.25) is 5.75 Å². The molecule has 0 unspecified atom stereocenters. The molecule has 2 aliphatic carbocycles. The zero-order valence-electron chi connectivity index (χ0n) is 16.7. The molecule has 0 saturated heterocycles. The summed E-state index contributed by atoms with van der Waals surface area (Å²) in [5, 5.41) is 38.5. The molecular formula is C22H22N4O3. The van der Waals surface area contributed by atoms with Gasteiger partial charge >= 0.3 is 0 Å². The number of allylic oxidation sites excluding steroid dienone is 2. The summed E-state index contributed by atoms with van der Waals surface area (Å²) in [5.74, 6) is -0.403. The molecule has 148 valence electrons. The molecule has 1 aromatic rings. The first-order valence-corrected chi connectivity index (χ1v) is 9.33. The molecule has 1 fully saturated rings. The molecule has 1 saturated carbocycles. The number of fused-ring (bicyclic) bond motifs is 1. The second-order valence-corrected chi connectivity index (χ2v) is 7.19. The molecule has 0 aromatic heterocycles. The number of hydrogen-bond acceptors (Lipinski definition) is 7. The summed E-state index contributed by atoms with van der Waals surface area (Å²) in [7, 11) is 4.51. The number of hydrogen-bond donors (Lipinski definition) is 1. The normalized spacial score (nSPS) is 24.8. The topological polar surface area (TPSA) is 123 Å². The van der Waals surface area contributed by atoms with Crippen LogP contribution in [-0.2, 0) is 0 Å². The van der Waals surface area contributed by atoms with Crippen molar-refractivity contribution in [2.45, 2.75) is 25.2 Å². The highest BCUT2D eigenvalue weighted by atomic mass is 16.5. The van der Waals surface area contributed by atoms with E-state index in [4.69, 9.17) is 19.6 Å². The number of benzene rings is 1. The number of nitriles is 3.